The van der Waals surface area contributed by atoms with Gasteiger partial charge in [0.25, 0.3) is 0 Å². The van der Waals surface area contributed by atoms with Crippen molar-refractivity contribution >= 4 is 0 Å². The molecule has 82 valence electrons. The van der Waals surface area contributed by atoms with E-state index in [4.69, 9.17) is 4.74 Å². The zero-order valence-electron chi connectivity index (χ0n) is 9.67. The van der Waals surface area contributed by atoms with Gasteiger partial charge < -0.3 is 13.7 Å². The molecule has 3 nitrogen and oxygen atoms in total. The molecule has 3 aliphatic rings. The summed E-state index contributed by atoms with van der Waals surface area (Å²) < 4.78 is 7.96. The molecule has 3 fully saturated rings. The van der Waals surface area contributed by atoms with Gasteiger partial charge >= 0.3 is 0 Å². The smallest absolute Gasteiger partial charge is 0.129 e. The first-order chi connectivity index (χ1) is 6.74. The molecular weight excluding hydrogens is 176 g/mol. The number of methoxy groups -OCH3 is 1. The van der Waals surface area contributed by atoms with Gasteiger partial charge in [0, 0.05) is 7.11 Å². The average molecular weight is 200 g/mol. The van der Waals surface area contributed by atoms with Crippen LogP contribution in [0.3, 0.4) is 0 Å². The van der Waals surface area contributed by atoms with Crippen LogP contribution in [-0.2, 0) is 4.74 Å². The molecule has 0 unspecified atom stereocenters. The van der Waals surface area contributed by atoms with Gasteiger partial charge in [-0.25, -0.2) is 0 Å². The second kappa shape index (κ2) is 3.80. The van der Waals surface area contributed by atoms with Gasteiger partial charge in [0.05, 0.1) is 13.2 Å². The molecule has 2 bridgehead atoms. The standard InChI is InChI=1S/C11H24N2O/c1-3-12-4-7-13(8-5-12,9-6-12)10-11-14-2/h3-11H2,1-2H3/q+2. The maximum Gasteiger partial charge on any atom is 0.129 e. The van der Waals surface area contributed by atoms with Crippen molar-refractivity contribution in [2.24, 2.45) is 0 Å². The predicted octanol–water partition coefficient (Wildman–Crippen LogP) is 0.314. The largest absolute Gasteiger partial charge is 0.379 e. The van der Waals surface area contributed by atoms with Crippen molar-refractivity contribution in [1.29, 1.82) is 0 Å². The van der Waals surface area contributed by atoms with Crippen molar-refractivity contribution in [1.82, 2.24) is 0 Å². The van der Waals surface area contributed by atoms with Gasteiger partial charge in [-0.3, -0.25) is 0 Å². The van der Waals surface area contributed by atoms with Gasteiger partial charge in [-0.1, -0.05) is 0 Å². The van der Waals surface area contributed by atoms with Crippen molar-refractivity contribution in [3.63, 3.8) is 0 Å². The summed E-state index contributed by atoms with van der Waals surface area (Å²) in [7, 11) is 1.82. The van der Waals surface area contributed by atoms with Crippen LogP contribution in [0.1, 0.15) is 6.92 Å². The van der Waals surface area contributed by atoms with Crippen LogP contribution < -0.4 is 0 Å². The molecule has 0 atom stereocenters. The van der Waals surface area contributed by atoms with E-state index in [-0.39, 0.29) is 0 Å². The molecule has 0 saturated carbocycles. The molecule has 0 aromatic heterocycles. The Morgan fingerprint density at radius 1 is 0.929 bits per heavy atom. The van der Waals surface area contributed by atoms with Crippen molar-refractivity contribution in [2.75, 3.05) is 66.1 Å². The predicted molar refractivity (Wildman–Crippen MR) is 57.0 cm³/mol. The molecule has 0 spiro atoms. The van der Waals surface area contributed by atoms with E-state index in [0.717, 1.165) is 6.61 Å². The molecule has 3 heteroatoms. The first kappa shape index (κ1) is 10.4. The number of hydrogen-bond acceptors (Lipinski definition) is 1. The summed E-state index contributed by atoms with van der Waals surface area (Å²) in [5.41, 5.74) is 0. The number of hydrogen-bond donors (Lipinski definition) is 0. The lowest BCUT2D eigenvalue weighted by molar-refractivity contribution is -1.08. The van der Waals surface area contributed by atoms with Gasteiger partial charge in [0.2, 0.25) is 0 Å². The van der Waals surface area contributed by atoms with Gasteiger partial charge in [0.15, 0.2) is 0 Å². The highest BCUT2D eigenvalue weighted by molar-refractivity contribution is 4.61. The highest BCUT2D eigenvalue weighted by Gasteiger charge is 2.47. The normalized spacial score (nSPS) is 41.6. The SMILES string of the molecule is CC[N+]12CC[N+](CCOC)(CC1)CC2. The molecule has 0 aromatic carbocycles. The maximum atomic E-state index is 5.22. The Hall–Kier alpha value is -0.120. The third kappa shape index (κ3) is 1.69. The maximum absolute atomic E-state index is 5.22. The van der Waals surface area contributed by atoms with Gasteiger partial charge in [-0.05, 0) is 6.92 Å². The Morgan fingerprint density at radius 3 is 1.86 bits per heavy atom. The van der Waals surface area contributed by atoms with Gasteiger partial charge in [0.1, 0.15) is 45.8 Å². The second-order valence-electron chi connectivity index (χ2n) is 5.06. The fourth-order valence-electron chi connectivity index (χ4n) is 3.04. The number of ether oxygens (including phenoxy) is 1. The minimum atomic E-state index is 0.937. The zero-order chi connectivity index (χ0) is 10.1. The Kier molecular flexibility index (Phi) is 2.82. The third-order valence-corrected chi connectivity index (χ3v) is 4.59. The average Bonchev–Trinajstić information content (AvgIpc) is 2.29. The summed E-state index contributed by atoms with van der Waals surface area (Å²) in [6.45, 7) is 14.2. The van der Waals surface area contributed by atoms with Crippen LogP contribution in [0.5, 0.6) is 0 Å². The van der Waals surface area contributed by atoms with E-state index in [2.05, 4.69) is 6.92 Å². The lowest BCUT2D eigenvalue weighted by Gasteiger charge is -2.55. The summed E-state index contributed by atoms with van der Waals surface area (Å²) in [6.07, 6.45) is 0. The lowest BCUT2D eigenvalue weighted by Crippen LogP contribution is -2.75. The highest BCUT2D eigenvalue weighted by Crippen LogP contribution is 2.25. The number of nitrogens with zero attached hydrogens (tertiary/aromatic N) is 2. The van der Waals surface area contributed by atoms with Crippen LogP contribution in [0.2, 0.25) is 0 Å². The van der Waals surface area contributed by atoms with E-state index in [1.807, 2.05) is 7.11 Å². The Labute approximate surface area is 87.4 Å². The van der Waals surface area contributed by atoms with E-state index in [9.17, 15) is 0 Å². The van der Waals surface area contributed by atoms with Crippen molar-refractivity contribution in [2.45, 2.75) is 6.92 Å². The van der Waals surface area contributed by atoms with Crippen LogP contribution in [0.4, 0.5) is 0 Å². The van der Waals surface area contributed by atoms with Gasteiger partial charge in [-0.15, -0.1) is 0 Å². The summed E-state index contributed by atoms with van der Waals surface area (Å²) in [5.74, 6) is 0. The van der Waals surface area contributed by atoms with Crippen molar-refractivity contribution < 1.29 is 13.7 Å². The van der Waals surface area contributed by atoms with Crippen molar-refractivity contribution in [3.8, 4) is 0 Å². The van der Waals surface area contributed by atoms with E-state index < -0.39 is 0 Å². The van der Waals surface area contributed by atoms with Crippen LogP contribution in [0.25, 0.3) is 0 Å². The zero-order valence-corrected chi connectivity index (χ0v) is 9.67. The van der Waals surface area contributed by atoms with Crippen LogP contribution >= 0.6 is 0 Å². The molecule has 14 heavy (non-hydrogen) atoms. The first-order valence-corrected chi connectivity index (χ1v) is 5.93. The molecule has 0 aromatic rings. The quantitative estimate of drug-likeness (QED) is 0.594. The molecule has 3 saturated heterocycles. The molecular formula is C11H24N2O+2. The molecule has 3 aliphatic heterocycles. The minimum absolute atomic E-state index is 0.937. The van der Waals surface area contributed by atoms with Crippen LogP contribution in [0, 0.1) is 0 Å². The number of quaternary nitrogens is 2. The summed E-state index contributed by atoms with van der Waals surface area (Å²) in [4.78, 5) is 0. The first-order valence-electron chi connectivity index (χ1n) is 5.93. The molecule has 0 N–H and O–H groups in total. The molecule has 0 radical (unpaired) electrons. The number of rotatable bonds is 4. The monoisotopic (exact) mass is 200 g/mol. The van der Waals surface area contributed by atoms with E-state index in [1.165, 1.54) is 61.3 Å². The number of fused-ring (bicyclic) bond motifs is 3. The topological polar surface area (TPSA) is 9.23 Å². The molecule has 0 amide bonds. The summed E-state index contributed by atoms with van der Waals surface area (Å²) in [5, 5.41) is 0. The molecule has 0 aliphatic carbocycles. The number of piperazine rings is 3. The molecule has 3 heterocycles. The fraction of sp³-hybridized carbons (Fsp3) is 1.00. The highest BCUT2D eigenvalue weighted by atomic mass is 16.5. The molecule has 3 rings (SSSR count). The Morgan fingerprint density at radius 2 is 1.43 bits per heavy atom. The Balaban J connectivity index is 1.95. The van der Waals surface area contributed by atoms with Crippen LogP contribution in [-0.4, -0.2) is 75.0 Å². The summed E-state index contributed by atoms with van der Waals surface area (Å²) >= 11 is 0. The van der Waals surface area contributed by atoms with E-state index >= 15 is 0 Å². The Bertz CT molecular complexity index is 181. The lowest BCUT2D eigenvalue weighted by atomic mass is 10.1. The minimum Gasteiger partial charge on any atom is -0.379 e. The number of likely N-dealkylation sites (N-methyl/N-ethyl adjacent to an activating group) is 1. The van der Waals surface area contributed by atoms with Crippen molar-refractivity contribution in [3.05, 3.63) is 0 Å². The van der Waals surface area contributed by atoms with E-state index in [1.54, 1.807) is 0 Å². The van der Waals surface area contributed by atoms with Gasteiger partial charge in [-0.2, -0.15) is 0 Å². The fourth-order valence-corrected chi connectivity index (χ4v) is 3.04. The summed E-state index contributed by atoms with van der Waals surface area (Å²) in [6, 6.07) is 0. The van der Waals surface area contributed by atoms with E-state index in [0.29, 0.717) is 0 Å². The third-order valence-electron chi connectivity index (χ3n) is 4.59. The second-order valence-corrected chi connectivity index (χ2v) is 5.06. The van der Waals surface area contributed by atoms with Crippen LogP contribution in [0.15, 0.2) is 0 Å².